The number of amides is 1. The number of rotatable bonds is 9. The van der Waals surface area contributed by atoms with E-state index < -0.39 is 0 Å². The highest BCUT2D eigenvalue weighted by Gasteiger charge is 2.62. The Morgan fingerprint density at radius 1 is 1.37 bits per heavy atom. The smallest absolute Gasteiger partial charge is 0.228 e. The second-order valence-electron chi connectivity index (χ2n) is 9.38. The SMILES string of the molecule is CC/C(C)=C/CCN1C[C@@H]2[C@H](CNC(=O)C3(COC)CC3)[C@H]3CC[C@]2(C1)O3. The molecule has 27 heavy (non-hydrogen) atoms. The number of ether oxygens (including phenoxy) is 2. The van der Waals surface area contributed by atoms with E-state index in [4.69, 9.17) is 9.47 Å². The van der Waals surface area contributed by atoms with Gasteiger partial charge in [-0.1, -0.05) is 18.6 Å². The van der Waals surface area contributed by atoms with Crippen molar-refractivity contribution in [2.45, 2.75) is 64.1 Å². The van der Waals surface area contributed by atoms with Gasteiger partial charge in [-0.25, -0.2) is 0 Å². The summed E-state index contributed by atoms with van der Waals surface area (Å²) >= 11 is 0. The van der Waals surface area contributed by atoms with Gasteiger partial charge in [-0.2, -0.15) is 0 Å². The Morgan fingerprint density at radius 2 is 2.19 bits per heavy atom. The Balaban J connectivity index is 1.32. The summed E-state index contributed by atoms with van der Waals surface area (Å²) in [6.07, 6.45) is 9.27. The molecule has 1 saturated carbocycles. The van der Waals surface area contributed by atoms with E-state index in [0.29, 0.717) is 24.5 Å². The molecule has 2 bridgehead atoms. The zero-order chi connectivity index (χ0) is 19.1. The van der Waals surface area contributed by atoms with E-state index in [2.05, 4.69) is 30.1 Å². The summed E-state index contributed by atoms with van der Waals surface area (Å²) in [4.78, 5) is 15.2. The Hall–Kier alpha value is -0.910. The number of methoxy groups -OCH3 is 1. The van der Waals surface area contributed by atoms with Crippen LogP contribution < -0.4 is 5.32 Å². The predicted octanol–water partition coefficient (Wildman–Crippen LogP) is 2.76. The van der Waals surface area contributed by atoms with Crippen LogP contribution in [0, 0.1) is 17.3 Å². The summed E-state index contributed by atoms with van der Waals surface area (Å²) in [7, 11) is 1.69. The first-order chi connectivity index (χ1) is 13.0. The van der Waals surface area contributed by atoms with Crippen LogP contribution in [-0.2, 0) is 14.3 Å². The van der Waals surface area contributed by atoms with Crippen LogP contribution in [0.25, 0.3) is 0 Å². The molecule has 1 amide bonds. The minimum atomic E-state index is -0.240. The quantitative estimate of drug-likeness (QED) is 0.629. The average molecular weight is 377 g/mol. The van der Waals surface area contributed by atoms with Crippen LogP contribution in [0.3, 0.4) is 0 Å². The van der Waals surface area contributed by atoms with Crippen LogP contribution in [0.4, 0.5) is 0 Å². The molecule has 0 aromatic rings. The standard InChI is InChI=1S/C22H36N2O3/c1-4-16(2)6-5-11-24-13-18-17(19-7-8-22(18,14-24)27-19)12-23-20(25)21(9-10-21)15-26-3/h6,17-19H,4-5,7-15H2,1-3H3,(H,23,25)/b16-6+/t17-,18+,19+,22+/m0/s1. The molecule has 3 aliphatic heterocycles. The summed E-state index contributed by atoms with van der Waals surface area (Å²) in [5, 5.41) is 3.26. The first kappa shape index (κ1) is 19.4. The largest absolute Gasteiger partial charge is 0.384 e. The molecule has 0 unspecified atom stereocenters. The van der Waals surface area contributed by atoms with Gasteiger partial charge in [0.05, 0.1) is 23.7 Å². The van der Waals surface area contributed by atoms with Crippen molar-refractivity contribution < 1.29 is 14.3 Å². The minimum absolute atomic E-state index is 0.0629. The maximum Gasteiger partial charge on any atom is 0.228 e. The molecule has 1 aliphatic carbocycles. The van der Waals surface area contributed by atoms with Crippen molar-refractivity contribution in [2.75, 3.05) is 39.9 Å². The Bertz CT molecular complexity index is 600. The van der Waals surface area contributed by atoms with Gasteiger partial charge >= 0.3 is 0 Å². The van der Waals surface area contributed by atoms with Gasteiger partial charge < -0.3 is 14.8 Å². The number of nitrogens with zero attached hydrogens (tertiary/aromatic N) is 1. The Labute approximate surface area is 163 Å². The van der Waals surface area contributed by atoms with Crippen molar-refractivity contribution in [3.63, 3.8) is 0 Å². The van der Waals surface area contributed by atoms with E-state index in [9.17, 15) is 4.79 Å². The molecule has 5 nitrogen and oxygen atoms in total. The fourth-order valence-electron chi connectivity index (χ4n) is 5.63. The number of nitrogens with one attached hydrogen (secondary N) is 1. The highest BCUT2D eigenvalue weighted by atomic mass is 16.5. The molecule has 1 spiro atoms. The van der Waals surface area contributed by atoms with Gasteiger partial charge in [0.2, 0.25) is 5.91 Å². The zero-order valence-electron chi connectivity index (χ0n) is 17.3. The van der Waals surface area contributed by atoms with Crippen LogP contribution in [0.15, 0.2) is 11.6 Å². The van der Waals surface area contributed by atoms with E-state index in [0.717, 1.165) is 58.3 Å². The number of fused-ring (bicyclic) bond motifs is 1. The highest BCUT2D eigenvalue weighted by molar-refractivity contribution is 5.85. The molecule has 1 N–H and O–H groups in total. The molecule has 4 fully saturated rings. The first-order valence-corrected chi connectivity index (χ1v) is 10.8. The third-order valence-corrected chi connectivity index (χ3v) is 7.60. The van der Waals surface area contributed by atoms with E-state index in [1.807, 2.05) is 0 Å². The van der Waals surface area contributed by atoms with Crippen molar-refractivity contribution in [2.24, 2.45) is 17.3 Å². The third kappa shape index (κ3) is 3.58. The molecule has 4 aliphatic rings. The van der Waals surface area contributed by atoms with Crippen molar-refractivity contribution >= 4 is 5.91 Å². The molecule has 5 heteroatoms. The molecule has 4 atom stereocenters. The van der Waals surface area contributed by atoms with Crippen molar-refractivity contribution in [1.82, 2.24) is 10.2 Å². The summed E-state index contributed by atoms with van der Waals surface area (Å²) in [6.45, 7) is 9.08. The maximum atomic E-state index is 12.6. The van der Waals surface area contributed by atoms with E-state index in [1.165, 1.54) is 12.0 Å². The van der Waals surface area contributed by atoms with Gasteiger partial charge in [-0.15, -0.1) is 0 Å². The predicted molar refractivity (Wildman–Crippen MR) is 105 cm³/mol. The van der Waals surface area contributed by atoms with Gasteiger partial charge in [0, 0.05) is 45.1 Å². The monoisotopic (exact) mass is 376 g/mol. The minimum Gasteiger partial charge on any atom is -0.384 e. The summed E-state index contributed by atoms with van der Waals surface area (Å²) in [5.74, 6) is 1.24. The lowest BCUT2D eigenvalue weighted by atomic mass is 9.73. The fraction of sp³-hybridized carbons (Fsp3) is 0.864. The number of allylic oxidation sites excluding steroid dienone is 1. The number of hydrogen-bond donors (Lipinski definition) is 1. The topological polar surface area (TPSA) is 50.8 Å². The molecular formula is C22H36N2O3. The lowest BCUT2D eigenvalue weighted by Gasteiger charge is -2.30. The molecule has 0 radical (unpaired) electrons. The Morgan fingerprint density at radius 3 is 2.89 bits per heavy atom. The molecule has 0 aromatic heterocycles. The van der Waals surface area contributed by atoms with Crippen LogP contribution in [-0.4, -0.2) is 62.4 Å². The molecule has 152 valence electrons. The average Bonchev–Trinajstić information content (AvgIpc) is 3.07. The third-order valence-electron chi connectivity index (χ3n) is 7.60. The summed E-state index contributed by atoms with van der Waals surface area (Å²) in [5.41, 5.74) is 1.30. The normalized spacial score (nSPS) is 36.9. The van der Waals surface area contributed by atoms with Crippen LogP contribution in [0.2, 0.25) is 0 Å². The van der Waals surface area contributed by atoms with E-state index >= 15 is 0 Å². The molecule has 3 heterocycles. The molecular weight excluding hydrogens is 340 g/mol. The number of hydrogen-bond acceptors (Lipinski definition) is 4. The van der Waals surface area contributed by atoms with Gasteiger partial charge in [-0.05, 0) is 45.4 Å². The van der Waals surface area contributed by atoms with Crippen molar-refractivity contribution in [3.8, 4) is 0 Å². The zero-order valence-corrected chi connectivity index (χ0v) is 17.3. The molecule has 4 rings (SSSR count). The maximum absolute atomic E-state index is 12.6. The van der Waals surface area contributed by atoms with Gasteiger partial charge in [-0.3, -0.25) is 9.69 Å². The molecule has 0 aromatic carbocycles. The summed E-state index contributed by atoms with van der Waals surface area (Å²) < 4.78 is 11.8. The van der Waals surface area contributed by atoms with E-state index in [1.54, 1.807) is 7.11 Å². The van der Waals surface area contributed by atoms with Crippen LogP contribution >= 0.6 is 0 Å². The number of carbonyl (C=O) groups is 1. The lowest BCUT2D eigenvalue weighted by Crippen LogP contribution is -2.44. The van der Waals surface area contributed by atoms with Crippen LogP contribution in [0.1, 0.15) is 52.4 Å². The Kier molecular flexibility index (Phi) is 5.38. The van der Waals surface area contributed by atoms with Gasteiger partial charge in [0.25, 0.3) is 0 Å². The van der Waals surface area contributed by atoms with Gasteiger partial charge in [0.1, 0.15) is 0 Å². The van der Waals surface area contributed by atoms with Crippen molar-refractivity contribution in [1.29, 1.82) is 0 Å². The lowest BCUT2D eigenvalue weighted by molar-refractivity contribution is -0.128. The fourth-order valence-corrected chi connectivity index (χ4v) is 5.63. The van der Waals surface area contributed by atoms with E-state index in [-0.39, 0.29) is 16.9 Å². The van der Waals surface area contributed by atoms with Gasteiger partial charge in [0.15, 0.2) is 0 Å². The highest BCUT2D eigenvalue weighted by Crippen LogP contribution is 2.54. The molecule has 3 saturated heterocycles. The second-order valence-corrected chi connectivity index (χ2v) is 9.38. The summed E-state index contributed by atoms with van der Waals surface area (Å²) in [6, 6.07) is 0. The van der Waals surface area contributed by atoms with Crippen LogP contribution in [0.5, 0.6) is 0 Å². The number of carbonyl (C=O) groups excluding carboxylic acids is 1. The second kappa shape index (κ2) is 7.49. The first-order valence-electron chi connectivity index (χ1n) is 10.8. The number of likely N-dealkylation sites (tertiary alicyclic amines) is 1. The van der Waals surface area contributed by atoms with Crippen molar-refractivity contribution in [3.05, 3.63) is 11.6 Å².